The lowest BCUT2D eigenvalue weighted by atomic mass is 9.82. The van der Waals surface area contributed by atoms with Crippen LogP contribution in [-0.2, 0) is 0 Å². The molecule has 0 aliphatic carbocycles. The summed E-state index contributed by atoms with van der Waals surface area (Å²) in [6.45, 7) is 0. The first-order valence-corrected chi connectivity index (χ1v) is 18.1. The molecule has 0 fully saturated rings. The van der Waals surface area contributed by atoms with Crippen molar-refractivity contribution in [3.8, 4) is 33.4 Å². The molecule has 11 aromatic rings. The Morgan fingerprint density at radius 2 is 0.812 bits per heavy atom. The van der Waals surface area contributed by atoms with E-state index in [1.807, 2.05) is 22.7 Å². The van der Waals surface area contributed by atoms with Gasteiger partial charge in [-0.2, -0.15) is 0 Å². The van der Waals surface area contributed by atoms with Crippen LogP contribution in [0.15, 0.2) is 158 Å². The van der Waals surface area contributed by atoms with E-state index >= 15 is 0 Å². The molecule has 0 N–H and O–H groups in total. The minimum Gasteiger partial charge on any atom is -0.135 e. The molecule has 2 heterocycles. The van der Waals surface area contributed by atoms with E-state index in [-0.39, 0.29) is 0 Å². The molecular weight excluding hydrogens is 617 g/mol. The number of hydrogen-bond acceptors (Lipinski definition) is 2. The molecule has 0 radical (unpaired) electrons. The summed E-state index contributed by atoms with van der Waals surface area (Å²) in [5, 5.41) is 13.2. The Morgan fingerprint density at radius 1 is 0.292 bits per heavy atom. The standard InChI is InChI=1S/C46H26S2/c1-2-14-31(29(12-1)27-23-24-40-37(25-27)30-13-7-8-20-39(30)47-40)44-32-15-3-5-17-34(32)45(35-18-6-4-16-33(35)44)38-26-28-11-9-21-41-43(28)46-36(38)19-10-22-42(46)48-41/h1-26H. The van der Waals surface area contributed by atoms with E-state index in [0.29, 0.717) is 0 Å². The summed E-state index contributed by atoms with van der Waals surface area (Å²) >= 11 is 3.78. The zero-order valence-corrected chi connectivity index (χ0v) is 27.5. The lowest BCUT2D eigenvalue weighted by molar-refractivity contribution is 1.63. The average molecular weight is 643 g/mol. The summed E-state index contributed by atoms with van der Waals surface area (Å²) in [6.07, 6.45) is 0. The fourth-order valence-corrected chi connectivity index (χ4v) is 10.5. The largest absolute Gasteiger partial charge is 0.135 e. The van der Waals surface area contributed by atoms with Crippen LogP contribution in [0.5, 0.6) is 0 Å². The van der Waals surface area contributed by atoms with E-state index in [4.69, 9.17) is 0 Å². The van der Waals surface area contributed by atoms with Crippen LogP contribution >= 0.6 is 22.7 Å². The predicted octanol–water partition coefficient (Wildman–Crippen LogP) is 14.3. The fraction of sp³-hybridized carbons (Fsp3) is 0. The van der Waals surface area contributed by atoms with Gasteiger partial charge in [-0.25, -0.2) is 0 Å². The molecule has 0 atom stereocenters. The first-order chi connectivity index (χ1) is 23.8. The van der Waals surface area contributed by atoms with Gasteiger partial charge in [0.15, 0.2) is 0 Å². The molecule has 0 aliphatic heterocycles. The summed E-state index contributed by atoms with van der Waals surface area (Å²) < 4.78 is 5.39. The lowest BCUT2D eigenvalue weighted by Crippen LogP contribution is -1.93. The molecule has 0 aliphatic rings. The highest BCUT2D eigenvalue weighted by atomic mass is 32.1. The first kappa shape index (κ1) is 26.5. The van der Waals surface area contributed by atoms with Gasteiger partial charge in [0.2, 0.25) is 0 Å². The van der Waals surface area contributed by atoms with Crippen LogP contribution in [0, 0.1) is 0 Å². The molecule has 0 saturated heterocycles. The Kier molecular flexibility index (Phi) is 5.51. The summed E-state index contributed by atoms with van der Waals surface area (Å²) in [4.78, 5) is 0. The maximum atomic E-state index is 2.44. The van der Waals surface area contributed by atoms with Crippen molar-refractivity contribution in [2.45, 2.75) is 0 Å². The molecule has 2 heteroatoms. The van der Waals surface area contributed by atoms with Crippen molar-refractivity contribution in [2.75, 3.05) is 0 Å². The predicted molar refractivity (Wildman–Crippen MR) is 212 cm³/mol. The summed E-state index contributed by atoms with van der Waals surface area (Å²) in [5.41, 5.74) is 7.69. The number of thiophene rings is 2. The van der Waals surface area contributed by atoms with Crippen LogP contribution < -0.4 is 0 Å². The van der Waals surface area contributed by atoms with Crippen LogP contribution in [0.2, 0.25) is 0 Å². The van der Waals surface area contributed by atoms with Crippen molar-refractivity contribution in [2.24, 2.45) is 0 Å². The van der Waals surface area contributed by atoms with Gasteiger partial charge < -0.3 is 0 Å². The smallest absolute Gasteiger partial charge is 0.0361 e. The third kappa shape index (κ3) is 3.65. The molecule has 48 heavy (non-hydrogen) atoms. The summed E-state index contributed by atoms with van der Waals surface area (Å²) in [5.74, 6) is 0. The second-order valence-corrected chi connectivity index (χ2v) is 14.9. The van der Waals surface area contributed by atoms with E-state index in [1.54, 1.807) is 0 Å². The first-order valence-electron chi connectivity index (χ1n) is 16.4. The molecule has 0 amide bonds. The molecular formula is C46H26S2. The minimum absolute atomic E-state index is 1.25. The van der Waals surface area contributed by atoms with Crippen LogP contribution in [0.1, 0.15) is 0 Å². The van der Waals surface area contributed by atoms with Crippen molar-refractivity contribution >= 4 is 95.3 Å². The maximum absolute atomic E-state index is 2.44. The molecule has 0 saturated carbocycles. The highest BCUT2D eigenvalue weighted by Gasteiger charge is 2.22. The Balaban J connectivity index is 1.24. The summed E-state index contributed by atoms with van der Waals surface area (Å²) in [7, 11) is 0. The Bertz CT molecular complexity index is 3010. The Hall–Kier alpha value is -5.54. The van der Waals surface area contributed by atoms with Gasteiger partial charge in [0.1, 0.15) is 0 Å². The van der Waals surface area contributed by atoms with Crippen molar-refractivity contribution in [3.05, 3.63) is 158 Å². The van der Waals surface area contributed by atoms with E-state index in [1.165, 1.54) is 106 Å². The Labute approximate surface area is 285 Å². The molecule has 0 spiro atoms. The van der Waals surface area contributed by atoms with Gasteiger partial charge in [-0.1, -0.05) is 121 Å². The zero-order chi connectivity index (χ0) is 31.3. The zero-order valence-electron chi connectivity index (χ0n) is 25.8. The van der Waals surface area contributed by atoms with Crippen LogP contribution in [-0.4, -0.2) is 0 Å². The minimum atomic E-state index is 1.25. The lowest BCUT2D eigenvalue weighted by Gasteiger charge is -2.21. The van der Waals surface area contributed by atoms with Crippen molar-refractivity contribution in [1.29, 1.82) is 0 Å². The molecule has 0 unspecified atom stereocenters. The van der Waals surface area contributed by atoms with Gasteiger partial charge in [-0.15, -0.1) is 22.7 Å². The van der Waals surface area contributed by atoms with E-state index in [9.17, 15) is 0 Å². The van der Waals surface area contributed by atoms with Crippen molar-refractivity contribution in [3.63, 3.8) is 0 Å². The van der Waals surface area contributed by atoms with Gasteiger partial charge in [0.25, 0.3) is 0 Å². The third-order valence-corrected chi connectivity index (χ3v) is 12.5. The summed E-state index contributed by atoms with van der Waals surface area (Å²) in [6, 6.07) is 58.9. The quantitative estimate of drug-likeness (QED) is 0.133. The van der Waals surface area contributed by atoms with Crippen molar-refractivity contribution < 1.29 is 0 Å². The van der Waals surface area contributed by atoms with Gasteiger partial charge in [-0.3, -0.25) is 0 Å². The van der Waals surface area contributed by atoms with E-state index in [0.717, 1.165) is 0 Å². The molecule has 2 aromatic heterocycles. The maximum Gasteiger partial charge on any atom is 0.0361 e. The van der Waals surface area contributed by atoms with Gasteiger partial charge in [0.05, 0.1) is 0 Å². The van der Waals surface area contributed by atoms with Gasteiger partial charge >= 0.3 is 0 Å². The van der Waals surface area contributed by atoms with Crippen LogP contribution in [0.4, 0.5) is 0 Å². The topological polar surface area (TPSA) is 0 Å². The second-order valence-electron chi connectivity index (χ2n) is 12.8. The van der Waals surface area contributed by atoms with E-state index < -0.39 is 0 Å². The highest BCUT2D eigenvalue weighted by Crippen LogP contribution is 2.50. The van der Waals surface area contributed by atoms with Crippen LogP contribution in [0.25, 0.3) is 106 Å². The molecule has 0 bridgehead atoms. The normalized spacial score (nSPS) is 12.2. The Morgan fingerprint density at radius 3 is 1.56 bits per heavy atom. The number of fused-ring (bicyclic) bond motifs is 5. The average Bonchev–Trinajstić information content (AvgIpc) is 3.72. The monoisotopic (exact) mass is 642 g/mol. The number of rotatable bonds is 3. The van der Waals surface area contributed by atoms with E-state index in [2.05, 4.69) is 158 Å². The molecule has 9 aromatic carbocycles. The third-order valence-electron chi connectivity index (χ3n) is 10.2. The second kappa shape index (κ2) is 9.98. The fourth-order valence-electron chi connectivity index (χ4n) is 8.23. The molecule has 222 valence electrons. The van der Waals surface area contributed by atoms with Gasteiger partial charge in [0, 0.05) is 40.3 Å². The number of benzene rings is 9. The number of hydrogen-bond donors (Lipinski definition) is 0. The van der Waals surface area contributed by atoms with Crippen LogP contribution in [0.3, 0.4) is 0 Å². The molecule has 0 nitrogen and oxygen atoms in total. The molecule has 11 rings (SSSR count). The SMILES string of the molecule is c1ccc(-c2c3ccccc3c(-c3cc4cccc5sc6cccc3c6c45)c3ccccc23)c(-c2ccc3sc4ccccc4c3c2)c1. The van der Waals surface area contributed by atoms with Gasteiger partial charge in [-0.05, 0) is 102 Å². The van der Waals surface area contributed by atoms with Crippen molar-refractivity contribution in [1.82, 2.24) is 0 Å². The highest BCUT2D eigenvalue weighted by molar-refractivity contribution is 7.26.